The van der Waals surface area contributed by atoms with Crippen molar-refractivity contribution in [3.63, 3.8) is 0 Å². The molecule has 82 valence electrons. The predicted molar refractivity (Wildman–Crippen MR) is 56.3 cm³/mol. The number of esters is 1. The van der Waals surface area contributed by atoms with E-state index < -0.39 is 0 Å². The number of nitrogens with two attached hydrogens (primary N) is 1. The van der Waals surface area contributed by atoms with E-state index in [-0.39, 0.29) is 29.2 Å². The summed E-state index contributed by atoms with van der Waals surface area (Å²) < 4.78 is 4.86. The van der Waals surface area contributed by atoms with Gasteiger partial charge in [-0.3, -0.25) is 4.79 Å². The Kier molecular flexibility index (Phi) is 3.12. The maximum absolute atomic E-state index is 11.6. The highest BCUT2D eigenvalue weighted by Crippen LogP contribution is 2.61. The van der Waals surface area contributed by atoms with Gasteiger partial charge in [-0.1, -0.05) is 0 Å². The third-order valence-corrected chi connectivity index (χ3v) is 4.03. The van der Waals surface area contributed by atoms with Crippen LogP contribution in [0.4, 0.5) is 0 Å². The fourth-order valence-corrected chi connectivity index (χ4v) is 3.10. The van der Waals surface area contributed by atoms with Crippen LogP contribution in [-0.4, -0.2) is 19.6 Å². The Morgan fingerprint density at radius 2 is 1.93 bits per heavy atom. The van der Waals surface area contributed by atoms with Gasteiger partial charge in [0.05, 0.1) is 12.5 Å². The van der Waals surface area contributed by atoms with Gasteiger partial charge in [-0.2, -0.15) is 0 Å². The molecule has 0 heterocycles. The van der Waals surface area contributed by atoms with Crippen molar-refractivity contribution in [2.24, 2.45) is 16.6 Å². The van der Waals surface area contributed by atoms with Crippen molar-refractivity contribution < 1.29 is 9.53 Å². The van der Waals surface area contributed by atoms with Gasteiger partial charge in [0.2, 0.25) is 0 Å². The predicted octanol–water partition coefficient (Wildman–Crippen LogP) is 1.49. The summed E-state index contributed by atoms with van der Waals surface area (Å²) >= 11 is 0. The minimum Gasteiger partial charge on any atom is -0.469 e. The van der Waals surface area contributed by atoms with E-state index in [1.54, 1.807) is 0 Å². The van der Waals surface area contributed by atoms with E-state index in [4.69, 9.17) is 10.5 Å². The van der Waals surface area contributed by atoms with Crippen LogP contribution in [0.1, 0.15) is 32.1 Å². The Labute approximate surface area is 90.8 Å². The minimum atomic E-state index is -0.159. The van der Waals surface area contributed by atoms with Crippen molar-refractivity contribution >= 4 is 18.4 Å². The molecule has 0 aliphatic heterocycles. The largest absolute Gasteiger partial charge is 0.469 e. The number of methoxy groups -OCH3 is 1. The smallest absolute Gasteiger partial charge is 0.311 e. The lowest BCUT2D eigenvalue weighted by atomic mass is 9.82. The Balaban J connectivity index is 0.000000980. The number of fused-ring (bicyclic) bond motifs is 2. The number of hydrogen-bond acceptors (Lipinski definition) is 3. The molecule has 0 radical (unpaired) electrons. The van der Waals surface area contributed by atoms with E-state index in [0.29, 0.717) is 0 Å². The van der Waals surface area contributed by atoms with Crippen LogP contribution in [-0.2, 0) is 9.53 Å². The van der Waals surface area contributed by atoms with Crippen LogP contribution < -0.4 is 5.73 Å². The number of ether oxygens (including phenoxy) is 1. The number of halogens is 1. The molecule has 0 aromatic heterocycles. The molecule has 0 saturated heterocycles. The molecule has 14 heavy (non-hydrogen) atoms. The third-order valence-electron chi connectivity index (χ3n) is 4.03. The molecule has 4 heteroatoms. The van der Waals surface area contributed by atoms with Crippen LogP contribution in [0.2, 0.25) is 0 Å². The molecule has 0 aromatic rings. The lowest BCUT2D eigenvalue weighted by Gasteiger charge is -2.24. The van der Waals surface area contributed by atoms with Gasteiger partial charge in [0, 0.05) is 0 Å². The van der Waals surface area contributed by atoms with Crippen molar-refractivity contribution in [2.45, 2.75) is 32.1 Å². The summed E-state index contributed by atoms with van der Waals surface area (Å²) in [6, 6.07) is 0. The summed E-state index contributed by atoms with van der Waals surface area (Å²) in [5.41, 5.74) is 5.87. The van der Waals surface area contributed by atoms with Crippen molar-refractivity contribution in [3.8, 4) is 0 Å². The Hall–Kier alpha value is -0.280. The van der Waals surface area contributed by atoms with Gasteiger partial charge in [-0.05, 0) is 44.1 Å². The zero-order valence-electron chi connectivity index (χ0n) is 8.54. The first-order valence-corrected chi connectivity index (χ1v) is 4.95. The highest BCUT2D eigenvalue weighted by Gasteiger charge is 2.57. The number of rotatable bonds is 2. The molecule has 2 saturated carbocycles. The van der Waals surface area contributed by atoms with E-state index in [1.165, 1.54) is 7.11 Å². The van der Waals surface area contributed by atoms with E-state index in [2.05, 4.69) is 0 Å². The molecule has 2 N–H and O–H groups in total. The van der Waals surface area contributed by atoms with Gasteiger partial charge in [0.15, 0.2) is 0 Å². The van der Waals surface area contributed by atoms with Gasteiger partial charge in [0.1, 0.15) is 0 Å². The van der Waals surface area contributed by atoms with Crippen LogP contribution in [0.3, 0.4) is 0 Å². The standard InChI is InChI=1S/C10H17NO2.ClH/c1-13-8(12)10-4-2-9(6-10,7-11)3-5-10;/h2-7,11H2,1H3;1H. The lowest BCUT2D eigenvalue weighted by Crippen LogP contribution is -2.27. The monoisotopic (exact) mass is 219 g/mol. The number of hydrogen-bond donors (Lipinski definition) is 1. The molecule has 0 atom stereocenters. The second-order valence-electron chi connectivity index (χ2n) is 4.65. The topological polar surface area (TPSA) is 52.3 Å². The number of carbonyl (C=O) groups excluding carboxylic acids is 1. The van der Waals surface area contributed by atoms with E-state index in [9.17, 15) is 4.79 Å². The summed E-state index contributed by atoms with van der Waals surface area (Å²) in [5.74, 6) is -0.0136. The summed E-state index contributed by atoms with van der Waals surface area (Å²) in [5, 5.41) is 0. The quantitative estimate of drug-likeness (QED) is 0.716. The van der Waals surface area contributed by atoms with Crippen molar-refractivity contribution in [1.82, 2.24) is 0 Å². The molecule has 2 aliphatic rings. The van der Waals surface area contributed by atoms with Gasteiger partial charge >= 0.3 is 5.97 Å². The van der Waals surface area contributed by atoms with Gasteiger partial charge in [0.25, 0.3) is 0 Å². The van der Waals surface area contributed by atoms with Gasteiger partial charge < -0.3 is 10.5 Å². The zero-order valence-corrected chi connectivity index (χ0v) is 9.36. The molecule has 2 aliphatic carbocycles. The van der Waals surface area contributed by atoms with Crippen molar-refractivity contribution in [1.29, 1.82) is 0 Å². The minimum absolute atomic E-state index is 0. The fraction of sp³-hybridized carbons (Fsp3) is 0.900. The van der Waals surface area contributed by atoms with Crippen LogP contribution in [0.15, 0.2) is 0 Å². The first kappa shape index (κ1) is 11.8. The molecule has 0 aromatic carbocycles. The molecule has 0 unspecified atom stereocenters. The molecule has 2 bridgehead atoms. The highest BCUT2D eigenvalue weighted by molar-refractivity contribution is 5.85. The normalized spacial score (nSPS) is 39.3. The Bertz CT molecular complexity index is 234. The van der Waals surface area contributed by atoms with E-state index in [1.807, 2.05) is 0 Å². The average Bonchev–Trinajstić information content (AvgIpc) is 2.74. The van der Waals surface area contributed by atoms with Gasteiger partial charge in [-0.15, -0.1) is 12.4 Å². The van der Waals surface area contributed by atoms with Crippen LogP contribution in [0.25, 0.3) is 0 Å². The van der Waals surface area contributed by atoms with E-state index in [0.717, 1.165) is 38.6 Å². The molecule has 0 spiro atoms. The second-order valence-corrected chi connectivity index (χ2v) is 4.65. The molecular weight excluding hydrogens is 202 g/mol. The summed E-state index contributed by atoms with van der Waals surface area (Å²) in [7, 11) is 1.48. The summed E-state index contributed by atoms with van der Waals surface area (Å²) in [6.45, 7) is 0.728. The molecule has 0 amide bonds. The highest BCUT2D eigenvalue weighted by atomic mass is 35.5. The number of carbonyl (C=O) groups is 1. The second kappa shape index (κ2) is 3.70. The van der Waals surface area contributed by atoms with E-state index >= 15 is 0 Å². The summed E-state index contributed by atoms with van der Waals surface area (Å²) in [4.78, 5) is 11.6. The molecular formula is C10H18ClNO2. The lowest BCUT2D eigenvalue weighted by molar-refractivity contribution is -0.152. The van der Waals surface area contributed by atoms with Gasteiger partial charge in [-0.25, -0.2) is 0 Å². The average molecular weight is 220 g/mol. The van der Waals surface area contributed by atoms with Crippen LogP contribution in [0.5, 0.6) is 0 Å². The summed E-state index contributed by atoms with van der Waals surface area (Å²) in [6.07, 6.45) is 5.15. The maximum Gasteiger partial charge on any atom is 0.311 e. The third kappa shape index (κ3) is 1.43. The molecule has 2 fully saturated rings. The Morgan fingerprint density at radius 1 is 1.36 bits per heavy atom. The van der Waals surface area contributed by atoms with Crippen molar-refractivity contribution in [3.05, 3.63) is 0 Å². The zero-order chi connectivity index (χ0) is 9.53. The van der Waals surface area contributed by atoms with Crippen LogP contribution in [0, 0.1) is 10.8 Å². The fourth-order valence-electron chi connectivity index (χ4n) is 3.10. The van der Waals surface area contributed by atoms with Crippen molar-refractivity contribution in [2.75, 3.05) is 13.7 Å². The first-order chi connectivity index (χ1) is 6.16. The SMILES string of the molecule is COC(=O)C12CCC(CN)(CC1)C2.Cl. The first-order valence-electron chi connectivity index (χ1n) is 4.95. The molecule has 2 rings (SSSR count). The van der Waals surface area contributed by atoms with Crippen LogP contribution >= 0.6 is 12.4 Å². The maximum atomic E-state index is 11.6. The Morgan fingerprint density at radius 3 is 2.29 bits per heavy atom. The molecule has 3 nitrogen and oxygen atoms in total.